The van der Waals surface area contributed by atoms with Gasteiger partial charge in [-0.2, -0.15) is 0 Å². The van der Waals surface area contributed by atoms with Gasteiger partial charge in [-0.1, -0.05) is 12.1 Å². The minimum absolute atomic E-state index is 0.0361. The maximum Gasteiger partial charge on any atom is 0.257 e. The third-order valence-corrected chi connectivity index (χ3v) is 4.84. The van der Waals surface area contributed by atoms with Gasteiger partial charge in [0.1, 0.15) is 11.5 Å². The molecule has 2 N–H and O–H groups in total. The molecule has 0 saturated carbocycles. The van der Waals surface area contributed by atoms with Gasteiger partial charge in [0.25, 0.3) is 10.0 Å². The first-order valence-electron chi connectivity index (χ1n) is 8.63. The minimum Gasteiger partial charge on any atom is -0.494 e. The highest BCUT2D eigenvalue weighted by atomic mass is 32.2. The van der Waals surface area contributed by atoms with Crippen LogP contribution in [0.1, 0.15) is 25.3 Å². The number of hydrogen-bond acceptors (Lipinski definition) is 5. The lowest BCUT2D eigenvalue weighted by atomic mass is 10.2. The van der Waals surface area contributed by atoms with Gasteiger partial charge >= 0.3 is 0 Å². The molecule has 2 rings (SSSR count). The van der Waals surface area contributed by atoms with Crippen molar-refractivity contribution in [3.63, 3.8) is 0 Å². The Balaban J connectivity index is 1.73. The molecule has 2 aromatic rings. The standard InChI is InChI=1S/C19H24N2O5S/c1-3-25-16-9-11-18(12-10-16)27(23,24)21-20-19(22)8-5-13-26-17-7-4-6-15(2)14-17/h4,6-7,9-12,14,21H,3,5,8,13H2,1-2H3,(H,20,22). The number of aryl methyl sites for hydroxylation is 1. The van der Waals surface area contributed by atoms with E-state index in [9.17, 15) is 13.2 Å². The van der Waals surface area contributed by atoms with E-state index >= 15 is 0 Å². The number of hydrazine groups is 1. The fourth-order valence-electron chi connectivity index (χ4n) is 2.26. The van der Waals surface area contributed by atoms with E-state index < -0.39 is 15.9 Å². The van der Waals surface area contributed by atoms with Gasteiger partial charge in [0.2, 0.25) is 5.91 Å². The summed E-state index contributed by atoms with van der Waals surface area (Å²) >= 11 is 0. The molecule has 0 saturated heterocycles. The first kappa shape index (κ1) is 20.7. The van der Waals surface area contributed by atoms with E-state index in [1.54, 1.807) is 12.1 Å². The van der Waals surface area contributed by atoms with E-state index in [-0.39, 0.29) is 11.3 Å². The van der Waals surface area contributed by atoms with Gasteiger partial charge in [0, 0.05) is 6.42 Å². The summed E-state index contributed by atoms with van der Waals surface area (Å²) < 4.78 is 35.1. The van der Waals surface area contributed by atoms with E-state index in [0.29, 0.717) is 25.4 Å². The smallest absolute Gasteiger partial charge is 0.257 e. The van der Waals surface area contributed by atoms with Crippen LogP contribution in [0.4, 0.5) is 0 Å². The Morgan fingerprint density at radius 1 is 1.04 bits per heavy atom. The number of nitrogens with one attached hydrogen (secondary N) is 2. The molecule has 0 aliphatic heterocycles. The number of rotatable bonds is 10. The van der Waals surface area contributed by atoms with E-state index in [4.69, 9.17) is 9.47 Å². The van der Waals surface area contributed by atoms with E-state index in [0.717, 1.165) is 11.3 Å². The van der Waals surface area contributed by atoms with Crippen molar-refractivity contribution in [3.05, 3.63) is 54.1 Å². The normalized spacial score (nSPS) is 11.0. The van der Waals surface area contributed by atoms with E-state index in [1.807, 2.05) is 38.1 Å². The Labute approximate surface area is 159 Å². The molecule has 0 radical (unpaired) electrons. The second-order valence-electron chi connectivity index (χ2n) is 5.83. The predicted molar refractivity (Wildman–Crippen MR) is 102 cm³/mol. The fourth-order valence-corrected chi connectivity index (χ4v) is 3.12. The third kappa shape index (κ3) is 6.92. The van der Waals surface area contributed by atoms with Gasteiger partial charge in [0.05, 0.1) is 18.1 Å². The number of ether oxygens (including phenoxy) is 2. The van der Waals surface area contributed by atoms with Crippen molar-refractivity contribution in [1.29, 1.82) is 0 Å². The van der Waals surface area contributed by atoms with E-state index in [1.165, 1.54) is 12.1 Å². The van der Waals surface area contributed by atoms with E-state index in [2.05, 4.69) is 10.3 Å². The van der Waals surface area contributed by atoms with Gasteiger partial charge in [-0.05, 0) is 62.2 Å². The summed E-state index contributed by atoms with van der Waals surface area (Å²) in [5, 5.41) is 0. The second kappa shape index (κ2) is 9.94. The molecule has 1 amide bonds. The molecular formula is C19H24N2O5S. The summed E-state index contributed by atoms with van der Waals surface area (Å²) in [4.78, 5) is 13.9. The molecule has 0 bridgehead atoms. The number of benzene rings is 2. The van der Waals surface area contributed by atoms with Gasteiger partial charge < -0.3 is 9.47 Å². The predicted octanol–water partition coefficient (Wildman–Crippen LogP) is 2.56. The van der Waals surface area contributed by atoms with Crippen molar-refractivity contribution in [2.24, 2.45) is 0 Å². The molecule has 0 spiro atoms. The quantitative estimate of drug-likeness (QED) is 0.479. The average molecular weight is 392 g/mol. The molecule has 0 atom stereocenters. The number of sulfonamides is 1. The molecule has 0 unspecified atom stereocenters. The molecule has 0 fully saturated rings. The van der Waals surface area contributed by atoms with Crippen LogP contribution in [-0.4, -0.2) is 27.5 Å². The Morgan fingerprint density at radius 2 is 1.78 bits per heavy atom. The SMILES string of the molecule is CCOc1ccc(S(=O)(=O)NNC(=O)CCCOc2cccc(C)c2)cc1. The summed E-state index contributed by atoms with van der Waals surface area (Å²) in [5.74, 6) is 0.887. The van der Waals surface area contributed by atoms with Gasteiger partial charge in [-0.3, -0.25) is 10.2 Å². The zero-order chi connectivity index (χ0) is 19.7. The number of hydrogen-bond donors (Lipinski definition) is 2. The summed E-state index contributed by atoms with van der Waals surface area (Å²) in [5.41, 5.74) is 3.30. The lowest BCUT2D eigenvalue weighted by Gasteiger charge is -2.10. The highest BCUT2D eigenvalue weighted by molar-refractivity contribution is 7.89. The molecule has 0 heterocycles. The maximum atomic E-state index is 12.2. The Kier molecular flexibility index (Phi) is 7.63. The van der Waals surface area contributed by atoms with Crippen molar-refractivity contribution < 1.29 is 22.7 Å². The highest BCUT2D eigenvalue weighted by Crippen LogP contribution is 2.15. The van der Waals surface area contributed by atoms with Crippen molar-refractivity contribution in [3.8, 4) is 11.5 Å². The largest absolute Gasteiger partial charge is 0.494 e. The van der Waals surface area contributed by atoms with Crippen molar-refractivity contribution in [1.82, 2.24) is 10.3 Å². The summed E-state index contributed by atoms with van der Waals surface area (Å²) in [6, 6.07) is 13.6. The molecule has 27 heavy (non-hydrogen) atoms. The summed E-state index contributed by atoms with van der Waals surface area (Å²) in [6.07, 6.45) is 0.599. The summed E-state index contributed by atoms with van der Waals surface area (Å²) in [7, 11) is -3.83. The minimum atomic E-state index is -3.83. The van der Waals surface area contributed by atoms with Crippen LogP contribution >= 0.6 is 0 Å². The topological polar surface area (TPSA) is 93.7 Å². The van der Waals surface area contributed by atoms with Crippen molar-refractivity contribution >= 4 is 15.9 Å². The van der Waals surface area contributed by atoms with Crippen LogP contribution in [0.3, 0.4) is 0 Å². The Morgan fingerprint density at radius 3 is 2.44 bits per heavy atom. The lowest BCUT2D eigenvalue weighted by molar-refractivity contribution is -0.121. The van der Waals surface area contributed by atoms with Crippen LogP contribution < -0.4 is 19.7 Å². The first-order chi connectivity index (χ1) is 12.9. The molecule has 0 aromatic heterocycles. The molecule has 146 valence electrons. The molecule has 7 nitrogen and oxygen atoms in total. The number of carbonyl (C=O) groups is 1. The Hall–Kier alpha value is -2.58. The molecule has 0 aliphatic carbocycles. The monoisotopic (exact) mass is 392 g/mol. The van der Waals surface area contributed by atoms with Crippen molar-refractivity contribution in [2.45, 2.75) is 31.6 Å². The number of carbonyl (C=O) groups excluding carboxylic acids is 1. The summed E-state index contributed by atoms with van der Waals surface area (Å²) in [6.45, 7) is 4.67. The Bertz CT molecular complexity index is 851. The van der Waals surface area contributed by atoms with Crippen LogP contribution in [0.2, 0.25) is 0 Å². The second-order valence-corrected chi connectivity index (χ2v) is 7.51. The van der Waals surface area contributed by atoms with Gasteiger partial charge in [-0.25, -0.2) is 8.42 Å². The lowest BCUT2D eigenvalue weighted by Crippen LogP contribution is -2.41. The van der Waals surface area contributed by atoms with Crippen LogP contribution in [-0.2, 0) is 14.8 Å². The van der Waals surface area contributed by atoms with Crippen LogP contribution in [0.15, 0.2) is 53.4 Å². The molecule has 2 aromatic carbocycles. The highest BCUT2D eigenvalue weighted by Gasteiger charge is 2.15. The van der Waals surface area contributed by atoms with Crippen LogP contribution in [0.5, 0.6) is 11.5 Å². The first-order valence-corrected chi connectivity index (χ1v) is 10.1. The van der Waals surface area contributed by atoms with Gasteiger partial charge in [-0.15, -0.1) is 4.83 Å². The molecule has 0 aliphatic rings. The zero-order valence-corrected chi connectivity index (χ0v) is 16.2. The van der Waals surface area contributed by atoms with Crippen LogP contribution in [0.25, 0.3) is 0 Å². The fraction of sp³-hybridized carbons (Fsp3) is 0.316. The molecular weight excluding hydrogens is 368 g/mol. The molecule has 8 heteroatoms. The third-order valence-electron chi connectivity index (χ3n) is 3.58. The number of amides is 1. The van der Waals surface area contributed by atoms with Crippen molar-refractivity contribution in [2.75, 3.05) is 13.2 Å². The van der Waals surface area contributed by atoms with Crippen LogP contribution in [0, 0.1) is 6.92 Å². The average Bonchev–Trinajstić information content (AvgIpc) is 2.64. The maximum absolute atomic E-state index is 12.2. The zero-order valence-electron chi connectivity index (χ0n) is 15.4. The van der Waals surface area contributed by atoms with Gasteiger partial charge in [0.15, 0.2) is 0 Å².